The molecule has 112 valence electrons. The van der Waals surface area contributed by atoms with Gasteiger partial charge in [0, 0.05) is 11.6 Å². The summed E-state index contributed by atoms with van der Waals surface area (Å²) in [4.78, 5) is 10.9. The van der Waals surface area contributed by atoms with Gasteiger partial charge in [0.1, 0.15) is 0 Å². The molecule has 0 amide bonds. The van der Waals surface area contributed by atoms with Crippen LogP contribution in [0.3, 0.4) is 0 Å². The summed E-state index contributed by atoms with van der Waals surface area (Å²) in [6.45, 7) is 1.75. The van der Waals surface area contributed by atoms with Crippen LogP contribution in [-0.2, 0) is 17.9 Å². The van der Waals surface area contributed by atoms with Crippen molar-refractivity contribution in [3.63, 3.8) is 0 Å². The van der Waals surface area contributed by atoms with Crippen molar-refractivity contribution in [3.05, 3.63) is 65.9 Å². The summed E-state index contributed by atoms with van der Waals surface area (Å²) < 4.78 is 7.41. The summed E-state index contributed by atoms with van der Waals surface area (Å²) in [7, 11) is 0. The summed E-state index contributed by atoms with van der Waals surface area (Å²) in [5, 5.41) is 14.2. The predicted molar refractivity (Wildman–Crippen MR) is 82.8 cm³/mol. The molecule has 0 aliphatic heterocycles. The fourth-order valence-corrected chi connectivity index (χ4v) is 2.25. The van der Waals surface area contributed by atoms with Gasteiger partial charge in [-0.25, -0.2) is 4.79 Å². The number of hydrogen-bond acceptors (Lipinski definition) is 3. The molecule has 0 unspecified atom stereocenters. The van der Waals surface area contributed by atoms with Gasteiger partial charge in [-0.2, -0.15) is 5.10 Å². The standard InChI is InChI=1S/C17H16N2O3/c20-17(21)14-6-7-16-15(10-14)11-19(18-16)8-9-22-12-13-4-2-1-3-5-13/h1-7,10-11H,8-9,12H2,(H,20,21). The van der Waals surface area contributed by atoms with E-state index in [1.807, 2.05) is 36.5 Å². The second-order valence-corrected chi connectivity index (χ2v) is 5.01. The maximum atomic E-state index is 10.9. The maximum absolute atomic E-state index is 10.9. The number of aromatic carboxylic acids is 1. The van der Waals surface area contributed by atoms with Gasteiger partial charge in [0.15, 0.2) is 0 Å². The van der Waals surface area contributed by atoms with Crippen LogP contribution >= 0.6 is 0 Å². The Bertz CT molecular complexity index is 781. The Morgan fingerprint density at radius 1 is 1.18 bits per heavy atom. The molecule has 0 spiro atoms. The summed E-state index contributed by atoms with van der Waals surface area (Å²) >= 11 is 0. The summed E-state index contributed by atoms with van der Waals surface area (Å²) in [5.41, 5.74) is 2.19. The average Bonchev–Trinajstić information content (AvgIpc) is 2.94. The lowest BCUT2D eigenvalue weighted by molar-refractivity contribution is 0.0697. The Balaban J connectivity index is 1.58. The van der Waals surface area contributed by atoms with Crippen molar-refractivity contribution in [3.8, 4) is 0 Å². The van der Waals surface area contributed by atoms with Crippen LogP contribution in [0.25, 0.3) is 10.9 Å². The largest absolute Gasteiger partial charge is 0.478 e. The van der Waals surface area contributed by atoms with Crippen molar-refractivity contribution >= 4 is 16.9 Å². The van der Waals surface area contributed by atoms with Crippen LogP contribution in [0.2, 0.25) is 0 Å². The van der Waals surface area contributed by atoms with Gasteiger partial charge in [-0.1, -0.05) is 30.3 Å². The number of carboxylic acids is 1. The Labute approximate surface area is 127 Å². The molecule has 22 heavy (non-hydrogen) atoms. The number of rotatable bonds is 6. The van der Waals surface area contributed by atoms with Crippen LogP contribution < -0.4 is 0 Å². The van der Waals surface area contributed by atoms with Crippen LogP contribution in [0.5, 0.6) is 0 Å². The highest BCUT2D eigenvalue weighted by Gasteiger charge is 2.06. The van der Waals surface area contributed by atoms with E-state index in [0.29, 0.717) is 19.8 Å². The SMILES string of the molecule is O=C(O)c1ccc2nn(CCOCc3ccccc3)cc2c1. The van der Waals surface area contributed by atoms with Gasteiger partial charge in [-0.05, 0) is 23.8 Å². The normalized spacial score (nSPS) is 10.9. The van der Waals surface area contributed by atoms with Crippen LogP contribution in [0.1, 0.15) is 15.9 Å². The van der Waals surface area contributed by atoms with Gasteiger partial charge in [0.2, 0.25) is 0 Å². The smallest absolute Gasteiger partial charge is 0.335 e. The molecule has 3 rings (SSSR count). The van der Waals surface area contributed by atoms with E-state index in [-0.39, 0.29) is 5.56 Å². The molecular formula is C17H16N2O3. The summed E-state index contributed by atoms with van der Waals surface area (Å²) in [6.07, 6.45) is 1.84. The van der Waals surface area contributed by atoms with Gasteiger partial charge >= 0.3 is 5.97 Å². The molecule has 0 saturated heterocycles. The third-order valence-corrected chi connectivity index (χ3v) is 3.38. The Morgan fingerprint density at radius 3 is 2.77 bits per heavy atom. The first kappa shape index (κ1) is 14.3. The molecule has 0 aliphatic rings. The third-order valence-electron chi connectivity index (χ3n) is 3.38. The number of carboxylic acid groups (broad SMARTS) is 1. The van der Waals surface area contributed by atoms with Gasteiger partial charge in [-0.3, -0.25) is 4.68 Å². The molecule has 0 fully saturated rings. The van der Waals surface area contributed by atoms with E-state index in [4.69, 9.17) is 9.84 Å². The monoisotopic (exact) mass is 296 g/mol. The van der Waals surface area contributed by atoms with Gasteiger partial charge in [0.25, 0.3) is 0 Å². The number of ether oxygens (including phenoxy) is 1. The fourth-order valence-electron chi connectivity index (χ4n) is 2.25. The molecule has 3 aromatic rings. The van der Waals surface area contributed by atoms with Crippen molar-refractivity contribution in [2.24, 2.45) is 0 Å². The quantitative estimate of drug-likeness (QED) is 0.710. The second kappa shape index (κ2) is 6.41. The first-order valence-corrected chi connectivity index (χ1v) is 7.04. The zero-order chi connectivity index (χ0) is 15.4. The highest BCUT2D eigenvalue weighted by molar-refractivity contribution is 5.93. The Hall–Kier alpha value is -2.66. The van der Waals surface area contributed by atoms with E-state index in [1.54, 1.807) is 22.9 Å². The zero-order valence-electron chi connectivity index (χ0n) is 12.0. The minimum absolute atomic E-state index is 0.271. The Kier molecular flexibility index (Phi) is 4.16. The average molecular weight is 296 g/mol. The van der Waals surface area contributed by atoms with Gasteiger partial charge in [0.05, 0.1) is 30.8 Å². The first-order valence-electron chi connectivity index (χ1n) is 7.04. The zero-order valence-corrected chi connectivity index (χ0v) is 12.0. The highest BCUT2D eigenvalue weighted by Crippen LogP contribution is 2.14. The maximum Gasteiger partial charge on any atom is 0.335 e. The van der Waals surface area contributed by atoms with E-state index < -0.39 is 5.97 Å². The molecule has 0 radical (unpaired) electrons. The topological polar surface area (TPSA) is 64.3 Å². The number of benzene rings is 2. The highest BCUT2D eigenvalue weighted by atomic mass is 16.5. The Morgan fingerprint density at radius 2 is 2.00 bits per heavy atom. The van der Waals surface area contributed by atoms with E-state index >= 15 is 0 Å². The lowest BCUT2D eigenvalue weighted by Gasteiger charge is -2.04. The molecule has 0 atom stereocenters. The summed E-state index contributed by atoms with van der Waals surface area (Å²) in [6, 6.07) is 14.9. The summed E-state index contributed by atoms with van der Waals surface area (Å²) in [5.74, 6) is -0.930. The lowest BCUT2D eigenvalue weighted by Crippen LogP contribution is -2.06. The molecule has 5 nitrogen and oxygen atoms in total. The first-order chi connectivity index (χ1) is 10.7. The van der Waals surface area contributed by atoms with Crippen LogP contribution in [0, 0.1) is 0 Å². The lowest BCUT2D eigenvalue weighted by atomic mass is 10.2. The molecule has 0 bridgehead atoms. The molecule has 1 aromatic heterocycles. The minimum atomic E-state index is -0.930. The van der Waals surface area contributed by atoms with Crippen molar-refractivity contribution in [1.82, 2.24) is 9.78 Å². The van der Waals surface area contributed by atoms with Crippen molar-refractivity contribution in [2.75, 3.05) is 6.61 Å². The molecule has 1 heterocycles. The predicted octanol–water partition coefficient (Wildman–Crippen LogP) is 2.95. The van der Waals surface area contributed by atoms with Crippen LogP contribution in [0.4, 0.5) is 0 Å². The molecule has 1 N–H and O–H groups in total. The second-order valence-electron chi connectivity index (χ2n) is 5.01. The van der Waals surface area contributed by atoms with Crippen LogP contribution in [-0.4, -0.2) is 27.5 Å². The van der Waals surface area contributed by atoms with Gasteiger partial charge in [-0.15, -0.1) is 0 Å². The van der Waals surface area contributed by atoms with E-state index in [0.717, 1.165) is 16.5 Å². The number of fused-ring (bicyclic) bond motifs is 1. The van der Waals surface area contributed by atoms with Crippen molar-refractivity contribution in [2.45, 2.75) is 13.2 Å². The molecule has 0 saturated carbocycles. The minimum Gasteiger partial charge on any atom is -0.478 e. The molecule has 5 heteroatoms. The fraction of sp³-hybridized carbons (Fsp3) is 0.176. The van der Waals surface area contributed by atoms with Crippen molar-refractivity contribution in [1.29, 1.82) is 0 Å². The molecule has 0 aliphatic carbocycles. The molecule has 2 aromatic carbocycles. The van der Waals surface area contributed by atoms with E-state index in [9.17, 15) is 4.79 Å². The molecular weight excluding hydrogens is 280 g/mol. The van der Waals surface area contributed by atoms with Gasteiger partial charge < -0.3 is 9.84 Å². The van der Waals surface area contributed by atoms with E-state index in [2.05, 4.69) is 5.10 Å². The number of aromatic nitrogens is 2. The van der Waals surface area contributed by atoms with Crippen LogP contribution in [0.15, 0.2) is 54.7 Å². The number of nitrogens with zero attached hydrogens (tertiary/aromatic N) is 2. The third kappa shape index (κ3) is 3.32. The number of hydrogen-bond donors (Lipinski definition) is 1. The van der Waals surface area contributed by atoms with E-state index in [1.165, 1.54) is 0 Å². The van der Waals surface area contributed by atoms with Crippen molar-refractivity contribution < 1.29 is 14.6 Å². The number of carbonyl (C=O) groups is 1.